The van der Waals surface area contributed by atoms with E-state index >= 15 is 0 Å². The van der Waals surface area contributed by atoms with Crippen LogP contribution in [0.1, 0.15) is 46.6 Å². The Hall–Kier alpha value is -7.30. The summed E-state index contributed by atoms with van der Waals surface area (Å²) in [5.41, 5.74) is 14.0. The number of benzene rings is 7. The van der Waals surface area contributed by atoms with Crippen LogP contribution in [0.25, 0.3) is 61.0 Å². The fourth-order valence-corrected chi connectivity index (χ4v) is 8.64. The van der Waals surface area contributed by atoms with Gasteiger partial charge in [-0.1, -0.05) is 164 Å². The molecule has 0 radical (unpaired) electrons. The Labute approximate surface area is 331 Å². The number of nitrogens with zero attached hydrogens (tertiary/aromatic N) is 2. The highest BCUT2D eigenvalue weighted by Gasteiger charge is 2.33. The standard InChI is InChI=1S/C53H37N3O/c1-4-14-34(15-5-1)36-24-26-37(27-25-36)48-33-49(56-53(55-48)38-18-8-3-9-19-38)40-30-45-43-29-28-39(35-16-6-2-7-17-35)32-50(43)57-52(45)46(31-40)51-44-22-11-10-20-41(44)42-21-12-13-23-47(42)54-51/h1-30,32-33,46,53,56H,31H2. The van der Waals surface area contributed by atoms with Gasteiger partial charge < -0.3 is 9.73 Å². The van der Waals surface area contributed by atoms with E-state index in [9.17, 15) is 0 Å². The second-order valence-corrected chi connectivity index (χ2v) is 14.9. The summed E-state index contributed by atoms with van der Waals surface area (Å²) in [6.07, 6.45) is 5.01. The number of aliphatic imine (C=N–C) groups is 1. The van der Waals surface area contributed by atoms with Crippen molar-refractivity contribution in [2.75, 3.05) is 0 Å². The zero-order chi connectivity index (χ0) is 37.7. The third kappa shape index (κ3) is 5.94. The minimum atomic E-state index is -0.259. The molecule has 4 nitrogen and oxygen atoms in total. The van der Waals surface area contributed by atoms with Crippen molar-refractivity contribution in [1.29, 1.82) is 0 Å². The molecule has 2 aromatic heterocycles. The summed E-state index contributed by atoms with van der Waals surface area (Å²) in [6.45, 7) is 0. The quantitative estimate of drug-likeness (QED) is 0.173. The minimum absolute atomic E-state index is 0.132. The van der Waals surface area contributed by atoms with Crippen molar-refractivity contribution in [3.63, 3.8) is 0 Å². The largest absolute Gasteiger partial charge is 0.460 e. The molecule has 9 aromatic rings. The third-order valence-electron chi connectivity index (χ3n) is 11.5. The zero-order valence-electron chi connectivity index (χ0n) is 31.1. The number of hydrogen-bond donors (Lipinski definition) is 1. The molecule has 2 aliphatic rings. The highest BCUT2D eigenvalue weighted by atomic mass is 16.3. The lowest BCUT2D eigenvalue weighted by Gasteiger charge is -2.30. The lowest BCUT2D eigenvalue weighted by atomic mass is 9.81. The fraction of sp³-hybridized carbons (Fsp3) is 0.0566. The first kappa shape index (κ1) is 33.1. The maximum atomic E-state index is 7.00. The van der Waals surface area contributed by atoms with Gasteiger partial charge in [-0.15, -0.1) is 0 Å². The van der Waals surface area contributed by atoms with Crippen LogP contribution in [0.3, 0.4) is 0 Å². The van der Waals surface area contributed by atoms with Crippen LogP contribution < -0.4 is 5.32 Å². The first-order valence-corrected chi connectivity index (χ1v) is 19.6. The second kappa shape index (κ2) is 13.8. The average molecular weight is 732 g/mol. The van der Waals surface area contributed by atoms with Crippen molar-refractivity contribution in [3.05, 3.63) is 227 Å². The lowest BCUT2D eigenvalue weighted by Crippen LogP contribution is -2.27. The van der Waals surface area contributed by atoms with Crippen molar-refractivity contribution >= 4 is 44.4 Å². The highest BCUT2D eigenvalue weighted by molar-refractivity contribution is 6.11. The fourth-order valence-electron chi connectivity index (χ4n) is 8.64. The SMILES string of the molecule is C1=C(C2=CC(c3ccc(-c4ccccc4)cc3)=NC(c3ccccc3)N2)CC(c2nc3ccccc3c3ccccc23)c2oc3cc(-c4ccccc4)ccc3c21. The Morgan fingerprint density at radius 3 is 1.86 bits per heavy atom. The van der Waals surface area contributed by atoms with Gasteiger partial charge in [-0.05, 0) is 81.1 Å². The summed E-state index contributed by atoms with van der Waals surface area (Å²) < 4.78 is 7.00. The van der Waals surface area contributed by atoms with Gasteiger partial charge in [-0.2, -0.15) is 0 Å². The Kier molecular flexibility index (Phi) is 7.99. The minimum Gasteiger partial charge on any atom is -0.460 e. The zero-order valence-corrected chi connectivity index (χ0v) is 31.1. The van der Waals surface area contributed by atoms with Gasteiger partial charge in [0.05, 0.1) is 22.8 Å². The number of pyridine rings is 1. The molecule has 1 N–H and O–H groups in total. The molecule has 1 aliphatic carbocycles. The van der Waals surface area contributed by atoms with Gasteiger partial charge >= 0.3 is 0 Å². The number of rotatable bonds is 6. The number of fused-ring (bicyclic) bond motifs is 6. The predicted octanol–water partition coefficient (Wildman–Crippen LogP) is 13.1. The van der Waals surface area contributed by atoms with Crippen LogP contribution in [0.5, 0.6) is 0 Å². The highest BCUT2D eigenvalue weighted by Crippen LogP contribution is 2.47. The van der Waals surface area contributed by atoms with Crippen LogP contribution in [-0.2, 0) is 0 Å². The van der Waals surface area contributed by atoms with Crippen molar-refractivity contribution in [1.82, 2.24) is 10.3 Å². The summed E-state index contributed by atoms with van der Waals surface area (Å²) in [5, 5.41) is 8.47. The van der Waals surface area contributed by atoms with Gasteiger partial charge in [0.1, 0.15) is 17.5 Å². The number of aromatic nitrogens is 1. The van der Waals surface area contributed by atoms with E-state index in [1.807, 2.05) is 0 Å². The van der Waals surface area contributed by atoms with E-state index in [0.29, 0.717) is 6.42 Å². The Morgan fingerprint density at radius 2 is 1.11 bits per heavy atom. The van der Waals surface area contributed by atoms with E-state index in [1.165, 1.54) is 22.1 Å². The van der Waals surface area contributed by atoms with Gasteiger partial charge in [0.2, 0.25) is 0 Å². The maximum Gasteiger partial charge on any atom is 0.145 e. The van der Waals surface area contributed by atoms with E-state index in [-0.39, 0.29) is 12.1 Å². The number of nitrogens with one attached hydrogen (secondary N) is 1. The van der Waals surface area contributed by atoms with Gasteiger partial charge in [-0.25, -0.2) is 0 Å². The molecule has 0 fully saturated rings. The molecule has 2 unspecified atom stereocenters. The number of furan rings is 1. The Bertz CT molecular complexity index is 3050. The summed E-state index contributed by atoms with van der Waals surface area (Å²) in [6, 6.07) is 64.1. The number of allylic oxidation sites excluding steroid dienone is 2. The van der Waals surface area contributed by atoms with Crippen LogP contribution >= 0.6 is 0 Å². The predicted molar refractivity (Wildman–Crippen MR) is 234 cm³/mol. The van der Waals surface area contributed by atoms with E-state index in [1.54, 1.807) is 0 Å². The molecule has 11 rings (SSSR count). The van der Waals surface area contributed by atoms with Crippen LogP contribution in [0.2, 0.25) is 0 Å². The number of hydrogen-bond acceptors (Lipinski definition) is 4. The molecule has 270 valence electrons. The molecular formula is C53H37N3O. The smallest absolute Gasteiger partial charge is 0.145 e. The van der Waals surface area contributed by atoms with Crippen LogP contribution in [0.4, 0.5) is 0 Å². The first-order valence-electron chi connectivity index (χ1n) is 19.6. The van der Waals surface area contributed by atoms with Crippen LogP contribution in [-0.4, -0.2) is 10.7 Å². The third-order valence-corrected chi connectivity index (χ3v) is 11.5. The molecule has 57 heavy (non-hydrogen) atoms. The first-order chi connectivity index (χ1) is 28.2. The topological polar surface area (TPSA) is 50.4 Å². The molecule has 0 amide bonds. The van der Waals surface area contributed by atoms with E-state index in [0.717, 1.165) is 77.9 Å². The maximum absolute atomic E-state index is 7.00. The van der Waals surface area contributed by atoms with Crippen LogP contribution in [0, 0.1) is 0 Å². The van der Waals surface area contributed by atoms with Crippen molar-refractivity contribution < 1.29 is 4.42 Å². The van der Waals surface area contributed by atoms with E-state index in [2.05, 4.69) is 199 Å². The Morgan fingerprint density at radius 1 is 0.509 bits per heavy atom. The van der Waals surface area contributed by atoms with Crippen LogP contribution in [0.15, 0.2) is 209 Å². The normalized spacial score (nSPS) is 16.5. The molecular weight excluding hydrogens is 695 g/mol. The van der Waals surface area contributed by atoms with Gasteiger partial charge in [-0.3, -0.25) is 9.98 Å². The van der Waals surface area contributed by atoms with E-state index < -0.39 is 0 Å². The summed E-state index contributed by atoms with van der Waals surface area (Å²) in [5.74, 6) is 0.820. The van der Waals surface area contributed by atoms with Crippen molar-refractivity contribution in [3.8, 4) is 22.3 Å². The van der Waals surface area contributed by atoms with Gasteiger partial charge in [0, 0.05) is 27.4 Å². The summed E-state index contributed by atoms with van der Waals surface area (Å²) in [4.78, 5) is 10.8. The molecule has 0 bridgehead atoms. The monoisotopic (exact) mass is 731 g/mol. The molecule has 1 aliphatic heterocycles. The van der Waals surface area contributed by atoms with Gasteiger partial charge in [0.15, 0.2) is 0 Å². The van der Waals surface area contributed by atoms with Crippen molar-refractivity contribution in [2.24, 2.45) is 4.99 Å². The lowest BCUT2D eigenvalue weighted by molar-refractivity contribution is 0.507. The van der Waals surface area contributed by atoms with E-state index in [4.69, 9.17) is 14.4 Å². The summed E-state index contributed by atoms with van der Waals surface area (Å²) >= 11 is 0. The van der Waals surface area contributed by atoms with Gasteiger partial charge in [0.25, 0.3) is 0 Å². The molecule has 4 heteroatoms. The molecule has 0 saturated heterocycles. The second-order valence-electron chi connectivity index (χ2n) is 14.9. The van der Waals surface area contributed by atoms with Crippen molar-refractivity contribution in [2.45, 2.75) is 18.5 Å². The number of para-hydroxylation sites is 1. The molecule has 0 saturated carbocycles. The molecule has 0 spiro atoms. The average Bonchev–Trinajstić information content (AvgIpc) is 3.67. The Balaban J connectivity index is 1.09. The molecule has 3 heterocycles. The molecule has 7 aromatic carbocycles. The summed E-state index contributed by atoms with van der Waals surface area (Å²) in [7, 11) is 0. The molecule has 2 atom stereocenters.